The maximum atomic E-state index is 15.0. The number of hydrogen-bond acceptors (Lipinski definition) is 6. The summed E-state index contributed by atoms with van der Waals surface area (Å²) in [6.45, 7) is 5.20. The van der Waals surface area contributed by atoms with E-state index in [2.05, 4.69) is 10.2 Å². The summed E-state index contributed by atoms with van der Waals surface area (Å²) in [5.74, 6) is -2.13. The van der Waals surface area contributed by atoms with Crippen LogP contribution in [0.4, 0.5) is 4.39 Å². The Bertz CT molecular complexity index is 1370. The summed E-state index contributed by atoms with van der Waals surface area (Å²) in [6.07, 6.45) is 0. The van der Waals surface area contributed by atoms with Gasteiger partial charge < -0.3 is 9.15 Å². The third-order valence-electron chi connectivity index (χ3n) is 5.89. The number of nitrogens with zero attached hydrogens (tertiary/aromatic N) is 2. The van der Waals surface area contributed by atoms with Crippen molar-refractivity contribution < 1.29 is 22.0 Å². The molecule has 2 heterocycles. The van der Waals surface area contributed by atoms with Gasteiger partial charge in [0.1, 0.15) is 22.5 Å². The predicted octanol–water partition coefficient (Wildman–Crippen LogP) is 3.83. The fourth-order valence-electron chi connectivity index (χ4n) is 4.28. The zero-order chi connectivity index (χ0) is 23.4. The lowest BCUT2D eigenvalue weighted by atomic mass is 9.87. The number of nitrogens with one attached hydrogen (secondary N) is 1. The van der Waals surface area contributed by atoms with Gasteiger partial charge in [-0.15, -0.1) is 5.10 Å². The molecule has 1 aliphatic rings. The molecule has 1 aliphatic heterocycles. The number of fused-ring (bicyclic) bond motifs is 1. The molecule has 2 atom stereocenters. The van der Waals surface area contributed by atoms with Crippen molar-refractivity contribution in [3.63, 3.8) is 0 Å². The van der Waals surface area contributed by atoms with Gasteiger partial charge in [-0.25, -0.2) is 22.7 Å². The Balaban J connectivity index is 1.92. The van der Waals surface area contributed by atoms with E-state index in [1.165, 1.54) is 25.3 Å². The third kappa shape index (κ3) is 3.52. The van der Waals surface area contributed by atoms with E-state index in [9.17, 15) is 17.6 Å². The van der Waals surface area contributed by atoms with Crippen LogP contribution in [0.25, 0.3) is 0 Å². The molecular weight excluding hydrogens is 461 g/mol. The Morgan fingerprint density at radius 1 is 1.31 bits per heavy atom. The second kappa shape index (κ2) is 8.02. The van der Waals surface area contributed by atoms with E-state index in [1.54, 1.807) is 19.9 Å². The van der Waals surface area contributed by atoms with Crippen LogP contribution in [0.15, 0.2) is 38.4 Å². The van der Waals surface area contributed by atoms with Crippen LogP contribution in [-0.2, 0) is 16.6 Å². The third-order valence-corrected chi connectivity index (χ3v) is 8.06. The molecule has 11 heteroatoms. The Kier molecular flexibility index (Phi) is 5.64. The van der Waals surface area contributed by atoms with Crippen molar-refractivity contribution in [2.75, 3.05) is 7.11 Å². The van der Waals surface area contributed by atoms with E-state index in [1.807, 2.05) is 6.92 Å². The molecule has 1 aromatic heterocycles. The highest BCUT2D eigenvalue weighted by atomic mass is 35.5. The first-order valence-corrected chi connectivity index (χ1v) is 11.6. The van der Waals surface area contributed by atoms with Crippen LogP contribution < -0.4 is 10.5 Å². The number of rotatable bonds is 5. The van der Waals surface area contributed by atoms with Crippen molar-refractivity contribution in [1.29, 1.82) is 0 Å². The minimum atomic E-state index is -4.12. The summed E-state index contributed by atoms with van der Waals surface area (Å²) in [7, 11) is -2.77. The minimum Gasteiger partial charge on any atom is -0.495 e. The predicted molar refractivity (Wildman–Crippen MR) is 115 cm³/mol. The van der Waals surface area contributed by atoms with E-state index < -0.39 is 33.6 Å². The molecule has 8 nitrogen and oxygen atoms in total. The molecular formula is C21H21ClFN3O5S. The molecule has 0 fully saturated rings. The number of halogens is 2. The van der Waals surface area contributed by atoms with Crippen molar-refractivity contribution >= 4 is 21.6 Å². The van der Waals surface area contributed by atoms with E-state index in [0.717, 1.165) is 9.87 Å². The number of aromatic amines is 1. The number of aromatic nitrogens is 2. The largest absolute Gasteiger partial charge is 0.495 e. The van der Waals surface area contributed by atoms with Gasteiger partial charge in [0.05, 0.1) is 7.11 Å². The molecule has 0 radical (unpaired) electrons. The molecule has 0 aliphatic carbocycles. The number of aryl methyl sites for hydroxylation is 1. The Labute approximate surface area is 189 Å². The van der Waals surface area contributed by atoms with Crippen LogP contribution >= 0.6 is 11.6 Å². The molecule has 0 saturated carbocycles. The average molecular weight is 482 g/mol. The average Bonchev–Trinajstić information content (AvgIpc) is 3.25. The van der Waals surface area contributed by atoms with Crippen LogP contribution in [-0.4, -0.2) is 30.0 Å². The Morgan fingerprint density at radius 2 is 2.03 bits per heavy atom. The molecule has 0 spiro atoms. The van der Waals surface area contributed by atoms with Gasteiger partial charge in [0.2, 0.25) is 15.9 Å². The fourth-order valence-corrected chi connectivity index (χ4v) is 6.48. The maximum Gasteiger partial charge on any atom is 0.434 e. The summed E-state index contributed by atoms with van der Waals surface area (Å²) in [6, 6.07) is 4.84. The van der Waals surface area contributed by atoms with Crippen molar-refractivity contribution in [3.8, 4) is 5.75 Å². The van der Waals surface area contributed by atoms with Gasteiger partial charge in [0, 0.05) is 23.6 Å². The molecule has 32 heavy (non-hydrogen) atoms. The Morgan fingerprint density at radius 3 is 2.66 bits per heavy atom. The van der Waals surface area contributed by atoms with E-state index in [0.29, 0.717) is 21.7 Å². The summed E-state index contributed by atoms with van der Waals surface area (Å²) in [4.78, 5) is 11.7. The van der Waals surface area contributed by atoms with Crippen LogP contribution in [0.3, 0.4) is 0 Å². The number of H-pyrrole nitrogens is 1. The summed E-state index contributed by atoms with van der Waals surface area (Å²) < 4.78 is 53.8. The van der Waals surface area contributed by atoms with Crippen molar-refractivity contribution in [2.24, 2.45) is 0 Å². The van der Waals surface area contributed by atoms with Gasteiger partial charge in [-0.2, -0.15) is 4.31 Å². The lowest BCUT2D eigenvalue weighted by molar-refractivity contribution is 0.241. The molecule has 1 N–H and O–H groups in total. The standard InChI is InChI=1S/C21H21ClFN3O5S/c1-10-5-6-15(23)17(11(10)2)12(3)18(20-24-25-21(27)31-20)26-9-13-7-14(22)8-16(30-4)19(13)32(26,28)29/h5-8,12,18H,9H2,1-4H3,(H,25,27)/t12-,18-/m0/s1. The minimum absolute atomic E-state index is 0.0269. The first-order valence-electron chi connectivity index (χ1n) is 9.75. The quantitative estimate of drug-likeness (QED) is 0.593. The van der Waals surface area contributed by atoms with Crippen LogP contribution in [0.1, 0.15) is 47.0 Å². The number of hydrogen-bond donors (Lipinski definition) is 1. The molecule has 4 rings (SSSR count). The van der Waals surface area contributed by atoms with E-state index >= 15 is 0 Å². The second-order valence-electron chi connectivity index (χ2n) is 7.73. The van der Waals surface area contributed by atoms with Gasteiger partial charge >= 0.3 is 5.76 Å². The smallest absolute Gasteiger partial charge is 0.434 e. The highest BCUT2D eigenvalue weighted by Crippen LogP contribution is 2.47. The number of benzene rings is 2. The number of ether oxygens (including phenoxy) is 1. The molecule has 2 aromatic carbocycles. The second-order valence-corrected chi connectivity index (χ2v) is 10.00. The first-order chi connectivity index (χ1) is 15.1. The fraction of sp³-hybridized carbons (Fsp3) is 0.333. The maximum absolute atomic E-state index is 15.0. The van der Waals surface area contributed by atoms with Crippen molar-refractivity contribution in [3.05, 3.63) is 73.8 Å². The zero-order valence-corrected chi connectivity index (χ0v) is 19.3. The SMILES string of the molecule is COc1cc(Cl)cc2c1S(=O)(=O)N([C@H](c1n[nH]c(=O)o1)[C@@H](C)c1c(F)ccc(C)c1C)C2. The van der Waals surface area contributed by atoms with E-state index in [-0.39, 0.29) is 23.1 Å². The molecule has 0 saturated heterocycles. The molecule has 3 aromatic rings. The van der Waals surface area contributed by atoms with Crippen LogP contribution in [0, 0.1) is 19.7 Å². The highest BCUT2D eigenvalue weighted by Gasteiger charge is 2.47. The number of methoxy groups -OCH3 is 1. The lowest BCUT2D eigenvalue weighted by Crippen LogP contribution is -2.33. The Hall–Kier alpha value is -2.69. The molecule has 170 valence electrons. The van der Waals surface area contributed by atoms with Crippen molar-refractivity contribution in [2.45, 2.75) is 44.2 Å². The first kappa shape index (κ1) is 22.5. The highest BCUT2D eigenvalue weighted by molar-refractivity contribution is 7.89. The van der Waals surface area contributed by atoms with E-state index in [4.69, 9.17) is 20.8 Å². The van der Waals surface area contributed by atoms with Gasteiger partial charge in [0.15, 0.2) is 0 Å². The summed E-state index contributed by atoms with van der Waals surface area (Å²) >= 11 is 6.15. The molecule has 0 amide bonds. The molecule has 0 bridgehead atoms. The van der Waals surface area contributed by atoms with Crippen LogP contribution in [0.5, 0.6) is 5.75 Å². The monoisotopic (exact) mass is 481 g/mol. The topological polar surface area (TPSA) is 106 Å². The summed E-state index contributed by atoms with van der Waals surface area (Å²) in [5.41, 5.74) is 2.26. The van der Waals surface area contributed by atoms with Gasteiger partial charge in [-0.1, -0.05) is 24.6 Å². The van der Waals surface area contributed by atoms with Gasteiger partial charge in [-0.3, -0.25) is 0 Å². The van der Waals surface area contributed by atoms with Gasteiger partial charge in [-0.05, 0) is 48.2 Å². The number of sulfonamides is 1. The van der Waals surface area contributed by atoms with Gasteiger partial charge in [0.25, 0.3) is 0 Å². The molecule has 0 unspecified atom stereocenters. The zero-order valence-electron chi connectivity index (χ0n) is 17.8. The lowest BCUT2D eigenvalue weighted by Gasteiger charge is -2.30. The van der Waals surface area contributed by atoms with Crippen LogP contribution in [0.2, 0.25) is 5.02 Å². The normalized spacial score (nSPS) is 17.2. The van der Waals surface area contributed by atoms with Crippen molar-refractivity contribution in [1.82, 2.24) is 14.5 Å². The summed E-state index contributed by atoms with van der Waals surface area (Å²) in [5, 5.41) is 6.37.